The third-order valence-corrected chi connectivity index (χ3v) is 5.12. The summed E-state index contributed by atoms with van der Waals surface area (Å²) in [6.07, 6.45) is -0.983. The van der Waals surface area contributed by atoms with Crippen molar-refractivity contribution in [1.82, 2.24) is 5.32 Å². The van der Waals surface area contributed by atoms with Gasteiger partial charge in [0.25, 0.3) is 5.91 Å². The predicted molar refractivity (Wildman–Crippen MR) is 114 cm³/mol. The van der Waals surface area contributed by atoms with Crippen LogP contribution >= 0.6 is 23.2 Å². The molecule has 2 atom stereocenters. The first-order chi connectivity index (χ1) is 14.3. The highest BCUT2D eigenvalue weighted by Gasteiger charge is 2.24. The normalized spacial score (nSPS) is 12.5. The van der Waals surface area contributed by atoms with Gasteiger partial charge in [-0.15, -0.1) is 0 Å². The maximum atomic E-state index is 12.8. The minimum absolute atomic E-state index is 0.0810. The van der Waals surface area contributed by atoms with Crippen LogP contribution in [0.1, 0.15) is 24.9 Å². The molecule has 0 aliphatic heterocycles. The number of carbonyl (C=O) groups is 2. The number of halogens is 2. The number of esters is 1. The molecular formula is C21H23Cl2NO6. The lowest BCUT2D eigenvalue weighted by molar-refractivity contribution is -0.141. The Morgan fingerprint density at radius 1 is 1.00 bits per heavy atom. The van der Waals surface area contributed by atoms with E-state index in [-0.39, 0.29) is 17.2 Å². The lowest BCUT2D eigenvalue weighted by atomic mass is 10.0. The second kappa shape index (κ2) is 10.9. The van der Waals surface area contributed by atoms with Crippen LogP contribution in [0.25, 0.3) is 0 Å². The van der Waals surface area contributed by atoms with Crippen LogP contribution in [0.4, 0.5) is 0 Å². The summed E-state index contributed by atoms with van der Waals surface area (Å²) in [5.74, 6) is 0.338. The van der Waals surface area contributed by atoms with Crippen molar-refractivity contribution in [2.75, 3.05) is 21.3 Å². The van der Waals surface area contributed by atoms with E-state index in [1.807, 2.05) is 0 Å². The summed E-state index contributed by atoms with van der Waals surface area (Å²) < 4.78 is 20.9. The highest BCUT2D eigenvalue weighted by atomic mass is 35.5. The molecule has 0 saturated carbocycles. The molecule has 9 heteroatoms. The van der Waals surface area contributed by atoms with Crippen molar-refractivity contribution in [2.24, 2.45) is 0 Å². The van der Waals surface area contributed by atoms with E-state index in [1.165, 1.54) is 21.3 Å². The van der Waals surface area contributed by atoms with Crippen LogP contribution in [-0.2, 0) is 14.3 Å². The van der Waals surface area contributed by atoms with Crippen molar-refractivity contribution in [1.29, 1.82) is 0 Å². The first-order valence-corrected chi connectivity index (χ1v) is 9.76. The van der Waals surface area contributed by atoms with Crippen molar-refractivity contribution in [2.45, 2.75) is 25.5 Å². The molecule has 1 N–H and O–H groups in total. The summed E-state index contributed by atoms with van der Waals surface area (Å²) in [5.41, 5.74) is 0.638. The minimum Gasteiger partial charge on any atom is -0.493 e. The van der Waals surface area contributed by atoms with E-state index < -0.39 is 24.0 Å². The Balaban J connectivity index is 2.22. The Morgan fingerprint density at radius 3 is 2.33 bits per heavy atom. The molecule has 1 amide bonds. The Kier molecular flexibility index (Phi) is 8.62. The number of methoxy groups -OCH3 is 3. The van der Waals surface area contributed by atoms with Crippen molar-refractivity contribution in [3.63, 3.8) is 0 Å². The van der Waals surface area contributed by atoms with Crippen LogP contribution in [0.15, 0.2) is 36.4 Å². The fourth-order valence-electron chi connectivity index (χ4n) is 2.68. The molecule has 0 fully saturated rings. The molecule has 0 heterocycles. The number of carbonyl (C=O) groups excluding carboxylic acids is 2. The van der Waals surface area contributed by atoms with Gasteiger partial charge in [-0.05, 0) is 36.8 Å². The Morgan fingerprint density at radius 2 is 1.70 bits per heavy atom. The molecule has 2 unspecified atom stereocenters. The topological polar surface area (TPSA) is 83.1 Å². The molecule has 30 heavy (non-hydrogen) atoms. The number of hydrogen-bond acceptors (Lipinski definition) is 6. The highest BCUT2D eigenvalue weighted by Crippen LogP contribution is 2.33. The van der Waals surface area contributed by atoms with E-state index in [0.717, 1.165) is 0 Å². The van der Waals surface area contributed by atoms with Gasteiger partial charge in [-0.3, -0.25) is 9.59 Å². The zero-order chi connectivity index (χ0) is 22.3. The van der Waals surface area contributed by atoms with Crippen LogP contribution < -0.4 is 19.5 Å². The second-order valence-corrected chi connectivity index (χ2v) is 7.05. The highest BCUT2D eigenvalue weighted by molar-refractivity contribution is 6.42. The molecule has 0 saturated heterocycles. The molecule has 0 aliphatic carbocycles. The van der Waals surface area contributed by atoms with Gasteiger partial charge in [0.15, 0.2) is 17.6 Å². The molecule has 0 radical (unpaired) electrons. The van der Waals surface area contributed by atoms with E-state index in [1.54, 1.807) is 43.3 Å². The smallest absolute Gasteiger partial charge is 0.307 e. The number of amides is 1. The average Bonchev–Trinajstić information content (AvgIpc) is 2.75. The number of ether oxygens (including phenoxy) is 4. The predicted octanol–water partition coefficient (Wildman–Crippen LogP) is 4.20. The van der Waals surface area contributed by atoms with Crippen molar-refractivity contribution in [3.8, 4) is 17.2 Å². The zero-order valence-corrected chi connectivity index (χ0v) is 18.5. The molecule has 2 aromatic carbocycles. The summed E-state index contributed by atoms with van der Waals surface area (Å²) in [6, 6.07) is 9.32. The largest absolute Gasteiger partial charge is 0.493 e. The van der Waals surface area contributed by atoms with Crippen LogP contribution in [0.5, 0.6) is 17.2 Å². The van der Waals surface area contributed by atoms with Crippen LogP contribution in [-0.4, -0.2) is 39.3 Å². The van der Waals surface area contributed by atoms with Gasteiger partial charge in [0.2, 0.25) is 0 Å². The van der Waals surface area contributed by atoms with Gasteiger partial charge >= 0.3 is 5.97 Å². The summed E-state index contributed by atoms with van der Waals surface area (Å²) in [7, 11) is 4.30. The molecule has 2 aromatic rings. The monoisotopic (exact) mass is 455 g/mol. The van der Waals surface area contributed by atoms with E-state index in [4.69, 9.17) is 42.1 Å². The summed E-state index contributed by atoms with van der Waals surface area (Å²) in [5, 5.41) is 3.33. The standard InChI is InChI=1S/C21H23Cl2NO6/c1-12(30-17-7-5-6-14(22)20(17)23)21(26)24-15(11-19(25)29-4)13-8-9-16(27-2)18(10-13)28-3/h5-10,12,15H,11H2,1-4H3,(H,24,26). The molecule has 7 nitrogen and oxygen atoms in total. The lowest BCUT2D eigenvalue weighted by Gasteiger charge is -2.22. The molecule has 0 spiro atoms. The molecule has 162 valence electrons. The first-order valence-electron chi connectivity index (χ1n) is 9.00. The van der Waals surface area contributed by atoms with E-state index >= 15 is 0 Å². The molecular weight excluding hydrogens is 433 g/mol. The number of benzene rings is 2. The van der Waals surface area contributed by atoms with Crippen LogP contribution in [0.3, 0.4) is 0 Å². The van der Waals surface area contributed by atoms with Gasteiger partial charge in [0, 0.05) is 0 Å². The molecule has 2 rings (SSSR count). The number of nitrogens with one attached hydrogen (secondary N) is 1. The van der Waals surface area contributed by atoms with E-state index in [2.05, 4.69) is 5.32 Å². The van der Waals surface area contributed by atoms with Crippen molar-refractivity contribution >= 4 is 35.1 Å². The quantitative estimate of drug-likeness (QED) is 0.570. The fraction of sp³-hybridized carbons (Fsp3) is 0.333. The first kappa shape index (κ1) is 23.6. The molecule has 0 aliphatic rings. The SMILES string of the molecule is COC(=O)CC(NC(=O)C(C)Oc1cccc(Cl)c1Cl)c1ccc(OC)c(OC)c1. The maximum Gasteiger partial charge on any atom is 0.307 e. The number of rotatable bonds is 9. The van der Waals surface area contributed by atoms with Gasteiger partial charge < -0.3 is 24.3 Å². The summed E-state index contributed by atoms with van der Waals surface area (Å²) in [6.45, 7) is 1.57. The van der Waals surface area contributed by atoms with E-state index in [0.29, 0.717) is 22.1 Å². The maximum absolute atomic E-state index is 12.8. The van der Waals surface area contributed by atoms with Crippen LogP contribution in [0, 0.1) is 0 Å². The van der Waals surface area contributed by atoms with Gasteiger partial charge in [0.05, 0.1) is 38.8 Å². The second-order valence-electron chi connectivity index (χ2n) is 6.27. The Hall–Kier alpha value is -2.64. The fourth-order valence-corrected chi connectivity index (χ4v) is 3.02. The number of hydrogen-bond donors (Lipinski definition) is 1. The molecule has 0 bridgehead atoms. The van der Waals surface area contributed by atoms with Gasteiger partial charge in [-0.1, -0.05) is 35.3 Å². The summed E-state index contributed by atoms with van der Waals surface area (Å²) in [4.78, 5) is 24.7. The van der Waals surface area contributed by atoms with Gasteiger partial charge in [0.1, 0.15) is 10.8 Å². The van der Waals surface area contributed by atoms with Gasteiger partial charge in [-0.2, -0.15) is 0 Å². The zero-order valence-electron chi connectivity index (χ0n) is 17.0. The third-order valence-electron chi connectivity index (χ3n) is 4.31. The third kappa shape index (κ3) is 5.93. The Bertz CT molecular complexity index is 905. The minimum atomic E-state index is -0.902. The van der Waals surface area contributed by atoms with Crippen molar-refractivity contribution < 1.29 is 28.5 Å². The Labute approximate surface area is 185 Å². The van der Waals surface area contributed by atoms with E-state index in [9.17, 15) is 9.59 Å². The molecule has 0 aromatic heterocycles. The average molecular weight is 456 g/mol. The van der Waals surface area contributed by atoms with Crippen LogP contribution in [0.2, 0.25) is 10.0 Å². The summed E-state index contributed by atoms with van der Waals surface area (Å²) >= 11 is 12.1. The lowest BCUT2D eigenvalue weighted by Crippen LogP contribution is -2.39. The van der Waals surface area contributed by atoms with Crippen molar-refractivity contribution in [3.05, 3.63) is 52.0 Å². The van der Waals surface area contributed by atoms with Gasteiger partial charge in [-0.25, -0.2) is 0 Å².